The molecule has 0 aromatic heterocycles. The van der Waals surface area contributed by atoms with Crippen LogP contribution < -0.4 is 5.32 Å². The molecule has 0 saturated carbocycles. The first kappa shape index (κ1) is 12.9. The van der Waals surface area contributed by atoms with E-state index in [9.17, 15) is 9.47 Å². The van der Waals surface area contributed by atoms with Gasteiger partial charge in [-0.15, -0.1) is 0 Å². The minimum Gasteiger partial charge on any atom is -0.384 e. The zero-order chi connectivity index (χ0) is 14.1. The maximum Gasteiger partial charge on any atom is 0.100 e. The van der Waals surface area contributed by atoms with E-state index >= 15 is 0 Å². The van der Waals surface area contributed by atoms with Crippen LogP contribution in [0.5, 0.6) is 0 Å². The third-order valence-corrected chi connectivity index (χ3v) is 4.53. The van der Waals surface area contributed by atoms with Gasteiger partial charge in [0.1, 0.15) is 6.07 Å². The largest absolute Gasteiger partial charge is 0.384 e. The number of fused-ring (bicyclic) bond motifs is 1. The Kier molecular flexibility index (Phi) is 3.29. The first-order valence-electron chi connectivity index (χ1n) is 6.44. The average molecular weight is 282 g/mol. The Morgan fingerprint density at radius 3 is 2.70 bits per heavy atom. The number of nitriles is 1. The van der Waals surface area contributed by atoms with Crippen molar-refractivity contribution < 1.29 is 4.21 Å². The lowest BCUT2D eigenvalue weighted by Crippen LogP contribution is -1.93. The Bertz CT molecular complexity index is 747. The number of benzene rings is 2. The third kappa shape index (κ3) is 2.21. The molecule has 1 aliphatic rings. The third-order valence-electron chi connectivity index (χ3n) is 3.56. The molecule has 4 heteroatoms. The highest BCUT2D eigenvalue weighted by molar-refractivity contribution is 7.84. The van der Waals surface area contributed by atoms with Crippen molar-refractivity contribution in [2.24, 2.45) is 0 Å². The van der Waals surface area contributed by atoms with E-state index in [1.54, 1.807) is 12.3 Å². The van der Waals surface area contributed by atoms with Gasteiger partial charge in [-0.25, -0.2) is 0 Å². The fourth-order valence-electron chi connectivity index (χ4n) is 2.53. The van der Waals surface area contributed by atoms with E-state index < -0.39 is 10.8 Å². The van der Waals surface area contributed by atoms with E-state index in [1.165, 1.54) is 11.3 Å². The standard InChI is InChI=1S/C16H14N2OS/c1-20(19)16-5-3-12(9-14(16)10-17)11-2-4-15-13(8-11)6-7-18-15/h2-5,8-9,18H,6-7H2,1H3. The second kappa shape index (κ2) is 5.10. The summed E-state index contributed by atoms with van der Waals surface area (Å²) in [6, 6.07) is 14.0. The summed E-state index contributed by atoms with van der Waals surface area (Å²) in [4.78, 5) is 0.596. The van der Waals surface area contributed by atoms with Crippen LogP contribution in [0.2, 0.25) is 0 Å². The van der Waals surface area contributed by atoms with Gasteiger partial charge >= 0.3 is 0 Å². The molecule has 0 bridgehead atoms. The molecule has 1 atom stereocenters. The van der Waals surface area contributed by atoms with Gasteiger partial charge in [0.05, 0.1) is 21.3 Å². The lowest BCUT2D eigenvalue weighted by molar-refractivity contribution is 0.686. The van der Waals surface area contributed by atoms with Crippen molar-refractivity contribution in [3.8, 4) is 17.2 Å². The van der Waals surface area contributed by atoms with Crippen molar-refractivity contribution in [2.45, 2.75) is 11.3 Å². The molecule has 0 fully saturated rings. The van der Waals surface area contributed by atoms with Crippen molar-refractivity contribution >= 4 is 16.5 Å². The zero-order valence-electron chi connectivity index (χ0n) is 11.1. The summed E-state index contributed by atoms with van der Waals surface area (Å²) in [5.74, 6) is 0. The van der Waals surface area contributed by atoms with Gasteiger partial charge in [-0.3, -0.25) is 4.21 Å². The highest BCUT2D eigenvalue weighted by atomic mass is 32.2. The summed E-state index contributed by atoms with van der Waals surface area (Å²) in [5, 5.41) is 12.5. The smallest absolute Gasteiger partial charge is 0.100 e. The summed E-state index contributed by atoms with van der Waals surface area (Å²) < 4.78 is 11.6. The van der Waals surface area contributed by atoms with E-state index in [1.807, 2.05) is 12.1 Å². The molecule has 20 heavy (non-hydrogen) atoms. The molecule has 3 rings (SSSR count). The first-order valence-corrected chi connectivity index (χ1v) is 7.99. The Morgan fingerprint density at radius 2 is 1.95 bits per heavy atom. The molecule has 1 unspecified atom stereocenters. The van der Waals surface area contributed by atoms with Crippen LogP contribution in [-0.2, 0) is 17.2 Å². The molecule has 3 nitrogen and oxygen atoms in total. The quantitative estimate of drug-likeness (QED) is 0.921. The van der Waals surface area contributed by atoms with Gasteiger partial charge < -0.3 is 5.32 Å². The predicted molar refractivity (Wildman–Crippen MR) is 81.1 cm³/mol. The van der Waals surface area contributed by atoms with E-state index in [-0.39, 0.29) is 0 Å². The molecule has 0 aliphatic carbocycles. The van der Waals surface area contributed by atoms with Crippen molar-refractivity contribution in [2.75, 3.05) is 18.1 Å². The molecular formula is C16H14N2OS. The number of anilines is 1. The minimum absolute atomic E-state index is 0.488. The molecule has 2 aromatic carbocycles. The van der Waals surface area contributed by atoms with Crippen molar-refractivity contribution in [3.63, 3.8) is 0 Å². The molecule has 1 aliphatic heterocycles. The number of hydrogen-bond acceptors (Lipinski definition) is 3. The fraction of sp³-hybridized carbons (Fsp3) is 0.188. The first-order chi connectivity index (χ1) is 9.69. The van der Waals surface area contributed by atoms with Crippen LogP contribution in [-0.4, -0.2) is 17.0 Å². The van der Waals surface area contributed by atoms with Gasteiger partial charge in [0.15, 0.2) is 0 Å². The summed E-state index contributed by atoms with van der Waals surface area (Å²) in [6.45, 7) is 0.982. The fourth-order valence-corrected chi connectivity index (χ4v) is 3.21. The van der Waals surface area contributed by atoms with Crippen molar-refractivity contribution in [1.29, 1.82) is 5.26 Å². The number of rotatable bonds is 2. The zero-order valence-corrected chi connectivity index (χ0v) is 12.0. The second-order valence-corrected chi connectivity index (χ2v) is 6.17. The average Bonchev–Trinajstić information content (AvgIpc) is 2.93. The van der Waals surface area contributed by atoms with Crippen LogP contribution in [0.25, 0.3) is 11.1 Å². The van der Waals surface area contributed by atoms with Gasteiger partial charge in [0, 0.05) is 18.5 Å². The topological polar surface area (TPSA) is 52.9 Å². The number of nitrogens with one attached hydrogen (secondary N) is 1. The lowest BCUT2D eigenvalue weighted by atomic mass is 10.0. The predicted octanol–water partition coefficient (Wildman–Crippen LogP) is 2.93. The Hall–Kier alpha value is -2.12. The van der Waals surface area contributed by atoms with E-state index in [0.29, 0.717) is 10.5 Å². The molecular weight excluding hydrogens is 268 g/mol. The van der Waals surface area contributed by atoms with Crippen LogP contribution >= 0.6 is 0 Å². The molecule has 0 amide bonds. The van der Waals surface area contributed by atoms with Gasteiger partial charge in [-0.2, -0.15) is 5.26 Å². The summed E-state index contributed by atoms with van der Waals surface area (Å²) >= 11 is 0. The van der Waals surface area contributed by atoms with Gasteiger partial charge in [0.2, 0.25) is 0 Å². The van der Waals surface area contributed by atoms with E-state index in [4.69, 9.17) is 0 Å². The van der Waals surface area contributed by atoms with E-state index in [0.717, 1.165) is 24.1 Å². The number of nitrogens with zero attached hydrogens (tertiary/aromatic N) is 1. The van der Waals surface area contributed by atoms with Gasteiger partial charge in [-0.05, 0) is 47.4 Å². The molecule has 1 heterocycles. The lowest BCUT2D eigenvalue weighted by Gasteiger charge is -2.07. The molecule has 0 spiro atoms. The van der Waals surface area contributed by atoms with Crippen LogP contribution in [0.15, 0.2) is 41.3 Å². The summed E-state index contributed by atoms with van der Waals surface area (Å²) in [6.07, 6.45) is 2.63. The Morgan fingerprint density at radius 1 is 1.20 bits per heavy atom. The van der Waals surface area contributed by atoms with Crippen LogP contribution in [0.3, 0.4) is 0 Å². The SMILES string of the molecule is CS(=O)c1ccc(-c2ccc3c(c2)CCN3)cc1C#N. The van der Waals surface area contributed by atoms with Crippen LogP contribution in [0.4, 0.5) is 5.69 Å². The highest BCUT2D eigenvalue weighted by Crippen LogP contribution is 2.30. The van der Waals surface area contributed by atoms with E-state index in [2.05, 4.69) is 29.6 Å². The summed E-state index contributed by atoms with van der Waals surface area (Å²) in [5.41, 5.74) is 5.08. The Balaban J connectivity index is 2.07. The molecule has 100 valence electrons. The van der Waals surface area contributed by atoms with Crippen LogP contribution in [0.1, 0.15) is 11.1 Å². The van der Waals surface area contributed by atoms with Crippen LogP contribution in [0, 0.1) is 11.3 Å². The molecule has 2 aromatic rings. The van der Waals surface area contributed by atoms with Crippen molar-refractivity contribution in [3.05, 3.63) is 47.5 Å². The molecule has 0 saturated heterocycles. The monoisotopic (exact) mass is 282 g/mol. The maximum atomic E-state index is 11.6. The molecule has 0 radical (unpaired) electrons. The summed E-state index contributed by atoms with van der Waals surface area (Å²) in [7, 11) is -1.14. The Labute approximate surface area is 120 Å². The maximum absolute atomic E-state index is 11.6. The van der Waals surface area contributed by atoms with Gasteiger partial charge in [0.25, 0.3) is 0 Å². The highest BCUT2D eigenvalue weighted by Gasteiger charge is 2.12. The number of hydrogen-bond donors (Lipinski definition) is 1. The second-order valence-electron chi connectivity index (χ2n) is 4.83. The molecule has 1 N–H and O–H groups in total. The van der Waals surface area contributed by atoms with Crippen molar-refractivity contribution in [1.82, 2.24) is 0 Å². The van der Waals surface area contributed by atoms with Gasteiger partial charge in [-0.1, -0.05) is 12.1 Å². The minimum atomic E-state index is -1.14. The normalized spacial score (nSPS) is 14.2.